The highest BCUT2D eigenvalue weighted by Crippen LogP contribution is 2.22. The third-order valence-corrected chi connectivity index (χ3v) is 3.57. The number of nitrogens with two attached hydrogens (primary N) is 1. The number of benzene rings is 2. The molecule has 2 N–H and O–H groups in total. The van der Waals surface area contributed by atoms with Crippen molar-refractivity contribution in [3.63, 3.8) is 0 Å². The second-order valence-electron chi connectivity index (χ2n) is 4.90. The Hall–Kier alpha value is -1.71. The molecule has 0 aliphatic heterocycles. The molecule has 0 aromatic heterocycles. The van der Waals surface area contributed by atoms with Gasteiger partial charge in [-0.15, -0.1) is 0 Å². The average Bonchev–Trinajstić information content (AvgIpc) is 2.48. The molecule has 0 amide bonds. The van der Waals surface area contributed by atoms with E-state index in [2.05, 4.69) is 19.9 Å². The van der Waals surface area contributed by atoms with Gasteiger partial charge in [0.25, 0.3) is 0 Å². The molecular formula is C17H20ClNO2. The van der Waals surface area contributed by atoms with Crippen LogP contribution >= 0.6 is 11.6 Å². The smallest absolute Gasteiger partial charge is 0.124 e. The first-order chi connectivity index (χ1) is 10.1. The van der Waals surface area contributed by atoms with Crippen molar-refractivity contribution in [2.75, 3.05) is 13.2 Å². The first-order valence-corrected chi connectivity index (χ1v) is 7.29. The van der Waals surface area contributed by atoms with Gasteiger partial charge in [-0.2, -0.15) is 0 Å². The van der Waals surface area contributed by atoms with E-state index in [9.17, 15) is 0 Å². The Kier molecular flexibility index (Phi) is 5.48. The van der Waals surface area contributed by atoms with Crippen molar-refractivity contribution in [3.8, 4) is 11.5 Å². The first kappa shape index (κ1) is 15.7. The number of hydrogen-bond acceptors (Lipinski definition) is 3. The van der Waals surface area contributed by atoms with Gasteiger partial charge in [-0.05, 0) is 55.3 Å². The molecule has 2 aromatic rings. The van der Waals surface area contributed by atoms with Crippen molar-refractivity contribution in [1.29, 1.82) is 0 Å². The summed E-state index contributed by atoms with van der Waals surface area (Å²) < 4.78 is 11.4. The van der Waals surface area contributed by atoms with E-state index in [-0.39, 0.29) is 0 Å². The van der Waals surface area contributed by atoms with Crippen molar-refractivity contribution in [2.45, 2.75) is 20.4 Å². The zero-order valence-electron chi connectivity index (χ0n) is 12.4. The molecule has 2 aromatic carbocycles. The molecule has 4 heteroatoms. The summed E-state index contributed by atoms with van der Waals surface area (Å²) in [5.74, 6) is 1.61. The predicted octanol–water partition coefficient (Wildman–Crippen LogP) is 3.87. The van der Waals surface area contributed by atoms with Gasteiger partial charge in [0, 0.05) is 17.1 Å². The third kappa shape index (κ3) is 4.38. The Morgan fingerprint density at radius 1 is 0.952 bits per heavy atom. The van der Waals surface area contributed by atoms with Gasteiger partial charge < -0.3 is 15.2 Å². The molecular weight excluding hydrogens is 286 g/mol. The summed E-state index contributed by atoms with van der Waals surface area (Å²) in [5, 5.41) is 0.661. The van der Waals surface area contributed by atoms with Crippen LogP contribution in [0.2, 0.25) is 5.02 Å². The number of aryl methyl sites for hydroxylation is 2. The lowest BCUT2D eigenvalue weighted by Crippen LogP contribution is -2.11. The zero-order chi connectivity index (χ0) is 15.2. The van der Waals surface area contributed by atoms with Crippen LogP contribution in [0.3, 0.4) is 0 Å². The molecule has 0 spiro atoms. The van der Waals surface area contributed by atoms with Gasteiger partial charge >= 0.3 is 0 Å². The van der Waals surface area contributed by atoms with Crippen molar-refractivity contribution in [1.82, 2.24) is 0 Å². The number of rotatable bonds is 6. The van der Waals surface area contributed by atoms with Gasteiger partial charge in [0.15, 0.2) is 0 Å². The van der Waals surface area contributed by atoms with Crippen LogP contribution in [0, 0.1) is 13.8 Å². The first-order valence-electron chi connectivity index (χ1n) is 6.91. The lowest BCUT2D eigenvalue weighted by Gasteiger charge is -2.12. The molecule has 0 unspecified atom stereocenters. The van der Waals surface area contributed by atoms with Gasteiger partial charge in [-0.25, -0.2) is 0 Å². The standard InChI is InChI=1S/C17H20ClNO2/c1-12-3-5-16(9-13(12)2)20-7-8-21-17-6-4-15(18)10-14(17)11-19/h3-6,9-10H,7-8,11,19H2,1-2H3. The second kappa shape index (κ2) is 7.34. The Morgan fingerprint density at radius 2 is 1.71 bits per heavy atom. The van der Waals surface area contributed by atoms with E-state index in [1.54, 1.807) is 6.07 Å². The van der Waals surface area contributed by atoms with E-state index in [0.29, 0.717) is 24.8 Å². The van der Waals surface area contributed by atoms with E-state index in [1.165, 1.54) is 11.1 Å². The summed E-state index contributed by atoms with van der Waals surface area (Å²) in [4.78, 5) is 0. The predicted molar refractivity (Wildman–Crippen MR) is 86.2 cm³/mol. The molecule has 0 saturated carbocycles. The highest BCUT2D eigenvalue weighted by Gasteiger charge is 2.03. The van der Waals surface area contributed by atoms with Crippen LogP contribution in [0.25, 0.3) is 0 Å². The van der Waals surface area contributed by atoms with E-state index in [1.807, 2.05) is 24.3 Å². The van der Waals surface area contributed by atoms with E-state index >= 15 is 0 Å². The maximum absolute atomic E-state index is 5.93. The minimum atomic E-state index is 0.397. The van der Waals surface area contributed by atoms with Crippen molar-refractivity contribution in [3.05, 3.63) is 58.1 Å². The fraction of sp³-hybridized carbons (Fsp3) is 0.294. The highest BCUT2D eigenvalue weighted by molar-refractivity contribution is 6.30. The van der Waals surface area contributed by atoms with Crippen LogP contribution in [0.5, 0.6) is 11.5 Å². The van der Waals surface area contributed by atoms with Crippen LogP contribution in [0.15, 0.2) is 36.4 Å². The molecule has 0 aliphatic rings. The molecule has 0 bridgehead atoms. The summed E-state index contributed by atoms with van der Waals surface area (Å²) in [6, 6.07) is 11.5. The van der Waals surface area contributed by atoms with Crippen molar-refractivity contribution < 1.29 is 9.47 Å². The summed E-state index contributed by atoms with van der Waals surface area (Å²) in [6.07, 6.45) is 0. The summed E-state index contributed by atoms with van der Waals surface area (Å²) in [5.41, 5.74) is 9.05. The minimum absolute atomic E-state index is 0.397. The van der Waals surface area contributed by atoms with Crippen molar-refractivity contribution >= 4 is 11.6 Å². The fourth-order valence-electron chi connectivity index (χ4n) is 1.96. The number of halogens is 1. The summed E-state index contributed by atoms with van der Waals surface area (Å²) in [6.45, 7) is 5.49. The van der Waals surface area contributed by atoms with Gasteiger partial charge in [0.1, 0.15) is 24.7 Å². The molecule has 0 atom stereocenters. The Balaban J connectivity index is 1.86. The van der Waals surface area contributed by atoms with Gasteiger partial charge in [0.2, 0.25) is 0 Å². The molecule has 21 heavy (non-hydrogen) atoms. The molecule has 112 valence electrons. The van der Waals surface area contributed by atoms with Gasteiger partial charge in [-0.3, -0.25) is 0 Å². The van der Waals surface area contributed by atoms with Crippen LogP contribution in [0.1, 0.15) is 16.7 Å². The summed E-state index contributed by atoms with van der Waals surface area (Å²) in [7, 11) is 0. The molecule has 0 fully saturated rings. The monoisotopic (exact) mass is 305 g/mol. The van der Waals surface area contributed by atoms with Gasteiger partial charge in [0.05, 0.1) is 0 Å². The van der Waals surface area contributed by atoms with Crippen LogP contribution < -0.4 is 15.2 Å². The number of hydrogen-bond donors (Lipinski definition) is 1. The van der Waals surface area contributed by atoms with Crippen LogP contribution in [-0.2, 0) is 6.54 Å². The Bertz CT molecular complexity index is 614. The third-order valence-electron chi connectivity index (χ3n) is 3.33. The normalized spacial score (nSPS) is 10.5. The second-order valence-corrected chi connectivity index (χ2v) is 5.34. The number of ether oxygens (including phenoxy) is 2. The molecule has 0 aliphatic carbocycles. The molecule has 2 rings (SSSR count). The topological polar surface area (TPSA) is 44.5 Å². The van der Waals surface area contributed by atoms with Crippen LogP contribution in [-0.4, -0.2) is 13.2 Å². The largest absolute Gasteiger partial charge is 0.490 e. The van der Waals surface area contributed by atoms with E-state index in [0.717, 1.165) is 17.1 Å². The Labute approximate surface area is 130 Å². The molecule has 0 heterocycles. The maximum Gasteiger partial charge on any atom is 0.124 e. The molecule has 3 nitrogen and oxygen atoms in total. The Morgan fingerprint density at radius 3 is 2.43 bits per heavy atom. The SMILES string of the molecule is Cc1ccc(OCCOc2ccc(Cl)cc2CN)cc1C. The molecule has 0 radical (unpaired) electrons. The minimum Gasteiger partial charge on any atom is -0.490 e. The zero-order valence-corrected chi connectivity index (χ0v) is 13.1. The average molecular weight is 306 g/mol. The molecule has 0 saturated heterocycles. The lowest BCUT2D eigenvalue weighted by molar-refractivity contribution is 0.216. The van der Waals surface area contributed by atoms with Gasteiger partial charge in [-0.1, -0.05) is 17.7 Å². The lowest BCUT2D eigenvalue weighted by atomic mass is 10.1. The maximum atomic E-state index is 5.93. The van der Waals surface area contributed by atoms with Crippen molar-refractivity contribution in [2.24, 2.45) is 5.73 Å². The highest BCUT2D eigenvalue weighted by atomic mass is 35.5. The summed E-state index contributed by atoms with van der Waals surface area (Å²) >= 11 is 5.93. The quantitative estimate of drug-likeness (QED) is 0.824. The van der Waals surface area contributed by atoms with E-state index in [4.69, 9.17) is 26.8 Å². The fourth-order valence-corrected chi connectivity index (χ4v) is 2.16. The van der Waals surface area contributed by atoms with Crippen LogP contribution in [0.4, 0.5) is 0 Å². The van der Waals surface area contributed by atoms with E-state index < -0.39 is 0 Å².